The fourth-order valence-electron chi connectivity index (χ4n) is 5.26. The average molecular weight is 412 g/mol. The fourth-order valence-corrected chi connectivity index (χ4v) is 5.26. The Balaban J connectivity index is 1.55. The van der Waals surface area contributed by atoms with Gasteiger partial charge in [-0.05, 0) is 37.8 Å². The number of hydrogen-bond acceptors (Lipinski definition) is 4. The first kappa shape index (κ1) is 21.0. The number of carboxylic acids is 1. The van der Waals surface area contributed by atoms with E-state index < -0.39 is 5.97 Å². The summed E-state index contributed by atoms with van der Waals surface area (Å²) in [4.78, 5) is 31.4. The number of hydrogen-bond donors (Lipinski definition) is 1. The normalized spacial score (nSPS) is 20.1. The second-order valence-electron chi connectivity index (χ2n) is 8.88. The van der Waals surface area contributed by atoms with Crippen LogP contribution >= 0.6 is 0 Å². The molecule has 2 aromatic rings. The van der Waals surface area contributed by atoms with E-state index >= 15 is 0 Å². The highest BCUT2D eigenvalue weighted by Gasteiger charge is 2.28. The van der Waals surface area contributed by atoms with E-state index in [0.717, 1.165) is 37.0 Å². The number of piperidine rings is 1. The van der Waals surface area contributed by atoms with Crippen molar-refractivity contribution in [2.24, 2.45) is 0 Å². The van der Waals surface area contributed by atoms with Crippen molar-refractivity contribution in [3.05, 3.63) is 40.3 Å². The van der Waals surface area contributed by atoms with Crippen molar-refractivity contribution in [3.8, 4) is 0 Å². The van der Waals surface area contributed by atoms with Crippen LogP contribution in [0.2, 0.25) is 0 Å². The van der Waals surface area contributed by atoms with Crippen molar-refractivity contribution in [2.75, 3.05) is 13.1 Å². The summed E-state index contributed by atoms with van der Waals surface area (Å²) >= 11 is 0. The third kappa shape index (κ3) is 4.75. The molecule has 0 radical (unpaired) electrons. The molecule has 1 saturated carbocycles. The van der Waals surface area contributed by atoms with Crippen molar-refractivity contribution in [1.82, 2.24) is 14.5 Å². The predicted molar refractivity (Wildman–Crippen MR) is 118 cm³/mol. The monoisotopic (exact) mass is 411 g/mol. The Kier molecular flexibility index (Phi) is 6.82. The molecule has 162 valence electrons. The summed E-state index contributed by atoms with van der Waals surface area (Å²) in [7, 11) is 0. The number of aromatic nitrogens is 2. The molecule has 6 nitrogen and oxygen atoms in total. The van der Waals surface area contributed by atoms with Crippen molar-refractivity contribution < 1.29 is 9.90 Å². The molecule has 1 N–H and O–H groups in total. The van der Waals surface area contributed by atoms with Gasteiger partial charge in [0.25, 0.3) is 5.56 Å². The Labute approximate surface area is 177 Å². The Hall–Kier alpha value is -2.21. The Morgan fingerprint density at radius 3 is 2.33 bits per heavy atom. The van der Waals surface area contributed by atoms with Crippen LogP contribution in [0, 0.1) is 0 Å². The highest BCUT2D eigenvalue weighted by Crippen LogP contribution is 2.29. The molecule has 0 spiro atoms. The predicted octanol–water partition coefficient (Wildman–Crippen LogP) is 4.16. The van der Waals surface area contributed by atoms with Crippen LogP contribution in [0.15, 0.2) is 29.1 Å². The first-order valence-corrected chi connectivity index (χ1v) is 11.6. The molecule has 1 saturated heterocycles. The largest absolute Gasteiger partial charge is 0.481 e. The minimum absolute atomic E-state index is 0.0687. The van der Waals surface area contributed by atoms with Crippen LogP contribution in [0.3, 0.4) is 0 Å². The Morgan fingerprint density at radius 1 is 0.967 bits per heavy atom. The quantitative estimate of drug-likeness (QED) is 0.799. The first-order valence-electron chi connectivity index (χ1n) is 11.6. The van der Waals surface area contributed by atoms with Gasteiger partial charge in [0.15, 0.2) is 0 Å². The number of carbonyl (C=O) groups is 1. The topological polar surface area (TPSA) is 75.4 Å². The molecule has 1 aromatic heterocycles. The summed E-state index contributed by atoms with van der Waals surface area (Å²) in [6, 6.07) is 8.59. The highest BCUT2D eigenvalue weighted by molar-refractivity contribution is 5.75. The third-order valence-electron chi connectivity index (χ3n) is 6.89. The lowest BCUT2D eigenvalue weighted by Crippen LogP contribution is -2.43. The summed E-state index contributed by atoms with van der Waals surface area (Å²) in [5.41, 5.74) is 1.91. The van der Waals surface area contributed by atoms with Gasteiger partial charge in [0, 0.05) is 31.6 Å². The van der Waals surface area contributed by atoms with Gasteiger partial charge >= 0.3 is 5.97 Å². The number of aryl methyl sites for hydroxylation is 1. The van der Waals surface area contributed by atoms with Gasteiger partial charge in [-0.1, -0.05) is 44.2 Å². The van der Waals surface area contributed by atoms with Gasteiger partial charge in [-0.3, -0.25) is 9.59 Å². The molecule has 2 aliphatic rings. The van der Waals surface area contributed by atoms with E-state index in [1.165, 1.54) is 44.9 Å². The molecule has 0 amide bonds. The molecular formula is C24H33N3O3. The van der Waals surface area contributed by atoms with E-state index in [1.807, 2.05) is 28.8 Å². The fraction of sp³-hybridized carbons (Fsp3) is 0.625. The number of rotatable bonds is 5. The van der Waals surface area contributed by atoms with Crippen LogP contribution in [-0.4, -0.2) is 44.7 Å². The molecule has 4 rings (SSSR count). The van der Waals surface area contributed by atoms with Gasteiger partial charge in [-0.25, -0.2) is 4.98 Å². The zero-order chi connectivity index (χ0) is 20.9. The minimum atomic E-state index is -0.900. The van der Waals surface area contributed by atoms with Gasteiger partial charge in [0.05, 0.1) is 17.5 Å². The van der Waals surface area contributed by atoms with E-state index in [9.17, 15) is 9.59 Å². The maximum Gasteiger partial charge on any atom is 0.303 e. The molecule has 6 heteroatoms. The standard InChI is InChI=1S/C24H33N3O3/c28-23(29)13-12-21-24(30)27(22-11-7-6-10-20(22)25-21)19-14-16-26(17-15-19)18-8-4-2-1-3-5-9-18/h6-7,10-11,18-19H,1-5,8-9,12-17H2,(H,28,29). The smallest absolute Gasteiger partial charge is 0.303 e. The third-order valence-corrected chi connectivity index (χ3v) is 6.89. The summed E-state index contributed by atoms with van der Waals surface area (Å²) in [6.07, 6.45) is 11.4. The van der Waals surface area contributed by atoms with E-state index in [0.29, 0.717) is 11.7 Å². The zero-order valence-corrected chi connectivity index (χ0v) is 17.8. The molecular weight excluding hydrogens is 378 g/mol. The zero-order valence-electron chi connectivity index (χ0n) is 17.8. The van der Waals surface area contributed by atoms with Gasteiger partial charge < -0.3 is 14.6 Å². The number of benzene rings is 1. The molecule has 30 heavy (non-hydrogen) atoms. The van der Waals surface area contributed by atoms with Gasteiger partial charge in [-0.15, -0.1) is 0 Å². The molecule has 2 fully saturated rings. The Morgan fingerprint density at radius 2 is 1.63 bits per heavy atom. The van der Waals surface area contributed by atoms with Crippen molar-refractivity contribution in [1.29, 1.82) is 0 Å². The average Bonchev–Trinajstić information content (AvgIpc) is 2.72. The molecule has 0 unspecified atom stereocenters. The second-order valence-corrected chi connectivity index (χ2v) is 8.88. The highest BCUT2D eigenvalue weighted by atomic mass is 16.4. The molecule has 0 atom stereocenters. The van der Waals surface area contributed by atoms with Crippen LogP contribution in [0.4, 0.5) is 0 Å². The van der Waals surface area contributed by atoms with Crippen LogP contribution in [0.1, 0.15) is 75.9 Å². The summed E-state index contributed by atoms with van der Waals surface area (Å²) in [5, 5.41) is 9.05. The van der Waals surface area contributed by atoms with E-state index in [4.69, 9.17) is 5.11 Å². The number of aliphatic carboxylic acids is 1. The second kappa shape index (κ2) is 9.73. The number of nitrogens with zero attached hydrogens (tertiary/aromatic N) is 3. The van der Waals surface area contributed by atoms with Gasteiger partial charge in [0.1, 0.15) is 5.69 Å². The minimum Gasteiger partial charge on any atom is -0.481 e. The molecule has 1 aliphatic heterocycles. The summed E-state index contributed by atoms with van der Waals surface area (Å²) < 4.78 is 1.91. The lowest BCUT2D eigenvalue weighted by Gasteiger charge is -2.39. The van der Waals surface area contributed by atoms with Crippen LogP contribution in [0.5, 0.6) is 0 Å². The molecule has 2 heterocycles. The van der Waals surface area contributed by atoms with Crippen molar-refractivity contribution in [2.45, 2.75) is 82.7 Å². The summed E-state index contributed by atoms with van der Waals surface area (Å²) in [5.74, 6) is -0.900. The van der Waals surface area contributed by atoms with Crippen molar-refractivity contribution in [3.63, 3.8) is 0 Å². The maximum atomic E-state index is 13.3. The molecule has 1 aliphatic carbocycles. The van der Waals surface area contributed by atoms with Crippen LogP contribution in [0.25, 0.3) is 11.0 Å². The maximum absolute atomic E-state index is 13.3. The van der Waals surface area contributed by atoms with E-state index in [-0.39, 0.29) is 24.4 Å². The molecule has 0 bridgehead atoms. The molecule has 1 aromatic carbocycles. The van der Waals surface area contributed by atoms with Crippen molar-refractivity contribution >= 4 is 17.0 Å². The van der Waals surface area contributed by atoms with Gasteiger partial charge in [-0.2, -0.15) is 0 Å². The van der Waals surface area contributed by atoms with E-state index in [1.54, 1.807) is 0 Å². The summed E-state index contributed by atoms with van der Waals surface area (Å²) in [6.45, 7) is 2.06. The number of likely N-dealkylation sites (tertiary alicyclic amines) is 1. The van der Waals surface area contributed by atoms with Crippen LogP contribution < -0.4 is 5.56 Å². The van der Waals surface area contributed by atoms with Crippen LogP contribution in [-0.2, 0) is 11.2 Å². The Bertz CT molecular complexity index is 923. The van der Waals surface area contributed by atoms with E-state index in [2.05, 4.69) is 9.88 Å². The lowest BCUT2D eigenvalue weighted by molar-refractivity contribution is -0.136. The number of para-hydroxylation sites is 2. The SMILES string of the molecule is O=C(O)CCc1nc2ccccc2n(C2CCN(C3CCCCCCC3)CC2)c1=O. The first-order chi connectivity index (χ1) is 14.6. The lowest BCUT2D eigenvalue weighted by atomic mass is 9.93. The number of carboxylic acid groups (broad SMARTS) is 1. The van der Waals surface area contributed by atoms with Gasteiger partial charge in [0.2, 0.25) is 0 Å². The number of fused-ring (bicyclic) bond motifs is 1.